The van der Waals surface area contributed by atoms with Gasteiger partial charge in [-0.1, -0.05) is 6.07 Å². The molecular formula is C13H18N2. The summed E-state index contributed by atoms with van der Waals surface area (Å²) in [6, 6.07) is 4.92. The smallest absolute Gasteiger partial charge is 0.0609 e. The summed E-state index contributed by atoms with van der Waals surface area (Å²) in [6.07, 6.45) is 7.29. The number of aromatic nitrogens is 1. The average Bonchev–Trinajstić information content (AvgIpc) is 2.29. The first-order valence-electron chi connectivity index (χ1n) is 6.00. The molecule has 0 N–H and O–H groups in total. The standard InChI is InChI=1S/C13H18N2/c1-15-9-3-5-11-7-6-10-4-2-8-14-12(10)13(11)15/h2,4,8,11,13H,3,5-7,9H2,1H3/t11-,13-/m0/s1. The van der Waals surface area contributed by atoms with Gasteiger partial charge < -0.3 is 0 Å². The zero-order valence-corrected chi connectivity index (χ0v) is 9.32. The van der Waals surface area contributed by atoms with Crippen LogP contribution in [-0.2, 0) is 6.42 Å². The Morgan fingerprint density at radius 3 is 3.27 bits per heavy atom. The lowest BCUT2D eigenvalue weighted by Gasteiger charge is -2.42. The number of hydrogen-bond acceptors (Lipinski definition) is 2. The SMILES string of the molecule is CN1CCC[C@H]2CCc3cccnc3[C@H]21. The molecule has 0 spiro atoms. The van der Waals surface area contributed by atoms with Gasteiger partial charge in [0, 0.05) is 6.20 Å². The molecule has 2 heteroatoms. The predicted molar refractivity (Wildman–Crippen MR) is 60.7 cm³/mol. The second-order valence-electron chi connectivity index (χ2n) is 4.91. The van der Waals surface area contributed by atoms with Crippen molar-refractivity contribution in [2.24, 2.45) is 5.92 Å². The van der Waals surface area contributed by atoms with Gasteiger partial charge in [0.05, 0.1) is 11.7 Å². The van der Waals surface area contributed by atoms with Crippen LogP contribution in [0.4, 0.5) is 0 Å². The Morgan fingerprint density at radius 1 is 1.40 bits per heavy atom. The Labute approximate surface area is 91.3 Å². The molecule has 2 aliphatic rings. The zero-order valence-electron chi connectivity index (χ0n) is 9.32. The summed E-state index contributed by atoms with van der Waals surface area (Å²) in [4.78, 5) is 7.11. The molecule has 15 heavy (non-hydrogen) atoms. The molecule has 80 valence electrons. The van der Waals surface area contributed by atoms with E-state index in [0.717, 1.165) is 5.92 Å². The van der Waals surface area contributed by atoms with E-state index in [1.807, 2.05) is 6.20 Å². The molecule has 2 nitrogen and oxygen atoms in total. The number of hydrogen-bond donors (Lipinski definition) is 0. The number of likely N-dealkylation sites (tertiary alicyclic amines) is 1. The molecule has 0 amide bonds. The first kappa shape index (κ1) is 9.34. The van der Waals surface area contributed by atoms with E-state index in [1.54, 1.807) is 0 Å². The van der Waals surface area contributed by atoms with Gasteiger partial charge in [-0.05, 0) is 56.8 Å². The van der Waals surface area contributed by atoms with E-state index in [9.17, 15) is 0 Å². The van der Waals surface area contributed by atoms with E-state index < -0.39 is 0 Å². The Bertz CT molecular complexity index is 361. The summed E-state index contributed by atoms with van der Waals surface area (Å²) in [5, 5.41) is 0. The molecule has 2 heterocycles. The maximum absolute atomic E-state index is 4.61. The van der Waals surface area contributed by atoms with Crippen molar-refractivity contribution in [3.63, 3.8) is 0 Å². The van der Waals surface area contributed by atoms with Crippen molar-refractivity contribution in [2.75, 3.05) is 13.6 Å². The van der Waals surface area contributed by atoms with Crippen molar-refractivity contribution in [3.05, 3.63) is 29.6 Å². The van der Waals surface area contributed by atoms with E-state index in [4.69, 9.17) is 0 Å². The molecule has 0 bridgehead atoms. The summed E-state index contributed by atoms with van der Waals surface area (Å²) < 4.78 is 0. The Hall–Kier alpha value is -0.890. The fourth-order valence-corrected chi connectivity index (χ4v) is 3.26. The van der Waals surface area contributed by atoms with Gasteiger partial charge in [-0.15, -0.1) is 0 Å². The summed E-state index contributed by atoms with van der Waals surface area (Å²) in [5.74, 6) is 0.853. The minimum atomic E-state index is 0.601. The fraction of sp³-hybridized carbons (Fsp3) is 0.615. The molecule has 3 rings (SSSR count). The van der Waals surface area contributed by atoms with Crippen molar-refractivity contribution in [1.29, 1.82) is 0 Å². The van der Waals surface area contributed by atoms with Crippen LogP contribution in [0.2, 0.25) is 0 Å². The average molecular weight is 202 g/mol. The molecule has 1 fully saturated rings. The van der Waals surface area contributed by atoms with E-state index in [2.05, 4.69) is 29.1 Å². The molecule has 1 aromatic heterocycles. The highest BCUT2D eigenvalue weighted by Gasteiger charge is 2.35. The number of aryl methyl sites for hydroxylation is 1. The molecule has 0 unspecified atom stereocenters. The summed E-state index contributed by atoms with van der Waals surface area (Å²) in [7, 11) is 2.25. The number of nitrogens with zero attached hydrogens (tertiary/aromatic N) is 2. The van der Waals surface area contributed by atoms with E-state index >= 15 is 0 Å². The predicted octanol–water partition coefficient (Wildman–Crippen LogP) is 2.41. The van der Waals surface area contributed by atoms with Crippen LogP contribution < -0.4 is 0 Å². The Morgan fingerprint density at radius 2 is 2.33 bits per heavy atom. The highest BCUT2D eigenvalue weighted by molar-refractivity contribution is 5.27. The third-order valence-corrected chi connectivity index (χ3v) is 4.00. The highest BCUT2D eigenvalue weighted by Crippen LogP contribution is 2.41. The van der Waals surface area contributed by atoms with Crippen LogP contribution in [-0.4, -0.2) is 23.5 Å². The van der Waals surface area contributed by atoms with Gasteiger partial charge in [0.25, 0.3) is 0 Å². The van der Waals surface area contributed by atoms with Gasteiger partial charge in [-0.2, -0.15) is 0 Å². The first-order valence-corrected chi connectivity index (χ1v) is 6.00. The molecule has 1 aromatic rings. The van der Waals surface area contributed by atoms with Crippen LogP contribution in [0.15, 0.2) is 18.3 Å². The lowest BCUT2D eigenvalue weighted by atomic mass is 9.77. The van der Waals surface area contributed by atoms with Gasteiger partial charge in [0.15, 0.2) is 0 Å². The monoisotopic (exact) mass is 202 g/mol. The van der Waals surface area contributed by atoms with Crippen LogP contribution in [0, 0.1) is 5.92 Å². The van der Waals surface area contributed by atoms with Crippen molar-refractivity contribution in [1.82, 2.24) is 9.88 Å². The number of pyridine rings is 1. The summed E-state index contributed by atoms with van der Waals surface area (Å²) in [6.45, 7) is 1.23. The zero-order chi connectivity index (χ0) is 10.3. The van der Waals surface area contributed by atoms with Gasteiger partial charge in [0.1, 0.15) is 0 Å². The lowest BCUT2D eigenvalue weighted by molar-refractivity contribution is 0.103. The van der Waals surface area contributed by atoms with Crippen LogP contribution in [0.1, 0.15) is 36.6 Å². The van der Waals surface area contributed by atoms with Crippen molar-refractivity contribution >= 4 is 0 Å². The molecule has 1 saturated heterocycles. The first-order chi connectivity index (χ1) is 7.36. The third-order valence-electron chi connectivity index (χ3n) is 4.00. The minimum Gasteiger partial charge on any atom is -0.298 e. The number of fused-ring (bicyclic) bond motifs is 3. The van der Waals surface area contributed by atoms with Crippen LogP contribution in [0.5, 0.6) is 0 Å². The molecule has 1 aliphatic heterocycles. The maximum Gasteiger partial charge on any atom is 0.0609 e. The molecule has 0 aromatic carbocycles. The Kier molecular flexibility index (Phi) is 2.24. The summed E-state index contributed by atoms with van der Waals surface area (Å²) in [5.41, 5.74) is 2.84. The highest BCUT2D eigenvalue weighted by atomic mass is 15.2. The van der Waals surface area contributed by atoms with Gasteiger partial charge in [-0.3, -0.25) is 9.88 Å². The van der Waals surface area contributed by atoms with Gasteiger partial charge >= 0.3 is 0 Å². The topological polar surface area (TPSA) is 16.1 Å². The van der Waals surface area contributed by atoms with Gasteiger partial charge in [0.2, 0.25) is 0 Å². The molecule has 0 saturated carbocycles. The van der Waals surface area contributed by atoms with E-state index in [0.29, 0.717) is 6.04 Å². The van der Waals surface area contributed by atoms with Crippen LogP contribution in [0.25, 0.3) is 0 Å². The fourth-order valence-electron chi connectivity index (χ4n) is 3.26. The quantitative estimate of drug-likeness (QED) is 0.642. The molecule has 0 radical (unpaired) electrons. The normalized spacial score (nSPS) is 30.7. The molecule has 1 aliphatic carbocycles. The van der Waals surface area contributed by atoms with Crippen LogP contribution in [0.3, 0.4) is 0 Å². The molecule has 2 atom stereocenters. The van der Waals surface area contributed by atoms with Crippen molar-refractivity contribution in [3.8, 4) is 0 Å². The maximum atomic E-state index is 4.61. The lowest BCUT2D eigenvalue weighted by Crippen LogP contribution is -2.39. The second kappa shape index (κ2) is 3.60. The van der Waals surface area contributed by atoms with Gasteiger partial charge in [-0.25, -0.2) is 0 Å². The van der Waals surface area contributed by atoms with Crippen molar-refractivity contribution in [2.45, 2.75) is 31.7 Å². The third kappa shape index (κ3) is 1.48. The van der Waals surface area contributed by atoms with E-state index in [1.165, 1.54) is 43.5 Å². The summed E-state index contributed by atoms with van der Waals surface area (Å²) >= 11 is 0. The van der Waals surface area contributed by atoms with Crippen LogP contribution >= 0.6 is 0 Å². The Balaban J connectivity index is 2.02. The van der Waals surface area contributed by atoms with Crippen molar-refractivity contribution < 1.29 is 0 Å². The largest absolute Gasteiger partial charge is 0.298 e. The number of piperidine rings is 1. The second-order valence-corrected chi connectivity index (χ2v) is 4.91. The number of rotatable bonds is 0. The van der Waals surface area contributed by atoms with E-state index in [-0.39, 0.29) is 0 Å². The minimum absolute atomic E-state index is 0.601. The molecular weight excluding hydrogens is 184 g/mol.